The maximum absolute atomic E-state index is 12.5. The molecule has 0 aliphatic carbocycles. The van der Waals surface area contributed by atoms with Gasteiger partial charge in [0.15, 0.2) is 6.29 Å². The lowest BCUT2D eigenvalue weighted by atomic mass is 10.0. The monoisotopic (exact) mass is 346 g/mol. The van der Waals surface area contributed by atoms with Crippen LogP contribution in [0.4, 0.5) is 11.4 Å². The first kappa shape index (κ1) is 17.2. The van der Waals surface area contributed by atoms with E-state index in [0.29, 0.717) is 23.2 Å². The van der Waals surface area contributed by atoms with Crippen LogP contribution in [0.5, 0.6) is 5.75 Å². The van der Waals surface area contributed by atoms with Crippen LogP contribution in [0, 0.1) is 0 Å². The van der Waals surface area contributed by atoms with Crippen LogP contribution in [0.3, 0.4) is 0 Å². The molecule has 0 saturated carbocycles. The molecule has 130 valence electrons. The predicted molar refractivity (Wildman–Crippen MR) is 103 cm³/mol. The molecule has 0 heterocycles. The van der Waals surface area contributed by atoms with Crippen LogP contribution in [0.25, 0.3) is 11.1 Å². The number of phenols is 1. The maximum atomic E-state index is 12.5. The summed E-state index contributed by atoms with van der Waals surface area (Å²) in [6.07, 6.45) is 0.689. The van der Waals surface area contributed by atoms with E-state index in [0.717, 1.165) is 11.1 Å². The summed E-state index contributed by atoms with van der Waals surface area (Å²) >= 11 is 0. The fourth-order valence-electron chi connectivity index (χ4n) is 2.65. The summed E-state index contributed by atoms with van der Waals surface area (Å²) in [5.74, 6) is -0.625. The van der Waals surface area contributed by atoms with E-state index in [9.17, 15) is 14.7 Å². The van der Waals surface area contributed by atoms with Crippen molar-refractivity contribution in [1.29, 1.82) is 0 Å². The van der Waals surface area contributed by atoms with Crippen LogP contribution >= 0.6 is 0 Å². The number of carbonyl (C=O) groups is 2. The molecule has 3 aromatic rings. The summed E-state index contributed by atoms with van der Waals surface area (Å²) in [5.41, 5.74) is 3.43. The third-order valence-electron chi connectivity index (χ3n) is 4.07. The van der Waals surface area contributed by atoms with Crippen LogP contribution in [-0.2, 0) is 0 Å². The van der Waals surface area contributed by atoms with E-state index in [4.69, 9.17) is 0 Å². The molecule has 26 heavy (non-hydrogen) atoms. The van der Waals surface area contributed by atoms with Gasteiger partial charge in [-0.1, -0.05) is 36.4 Å². The molecule has 0 unspecified atom stereocenters. The molecule has 3 N–H and O–H groups in total. The summed E-state index contributed by atoms with van der Waals surface area (Å²) in [7, 11) is 1.72. The number of nitrogens with one attached hydrogen (secondary N) is 2. The van der Waals surface area contributed by atoms with Gasteiger partial charge in [0, 0.05) is 24.4 Å². The number of carbonyl (C=O) groups excluding carboxylic acids is 2. The van der Waals surface area contributed by atoms with Gasteiger partial charge in [-0.05, 0) is 35.4 Å². The molecule has 3 aromatic carbocycles. The fraction of sp³-hybridized carbons (Fsp3) is 0.0476. The van der Waals surface area contributed by atoms with E-state index in [1.54, 1.807) is 25.2 Å². The molecule has 3 rings (SSSR count). The Kier molecular flexibility index (Phi) is 4.99. The Bertz CT molecular complexity index is 953. The van der Waals surface area contributed by atoms with Crippen molar-refractivity contribution in [3.63, 3.8) is 0 Å². The van der Waals surface area contributed by atoms with Crippen LogP contribution in [0.1, 0.15) is 20.7 Å². The molecular formula is C21H18N2O3. The zero-order chi connectivity index (χ0) is 18.5. The molecule has 0 fully saturated rings. The molecule has 0 saturated heterocycles. The number of aldehydes is 1. The number of phenolic OH excluding ortho intramolecular Hbond substituents is 1. The second-order valence-electron chi connectivity index (χ2n) is 5.72. The lowest BCUT2D eigenvalue weighted by Crippen LogP contribution is -2.13. The van der Waals surface area contributed by atoms with Crippen molar-refractivity contribution in [2.75, 3.05) is 17.7 Å². The minimum Gasteiger partial charge on any atom is -0.507 e. The summed E-state index contributed by atoms with van der Waals surface area (Å²) in [6, 6.07) is 19.6. The minimum absolute atomic E-state index is 0.131. The average Bonchev–Trinajstić information content (AvgIpc) is 2.68. The highest BCUT2D eigenvalue weighted by Crippen LogP contribution is 2.27. The zero-order valence-corrected chi connectivity index (χ0v) is 14.2. The summed E-state index contributed by atoms with van der Waals surface area (Å²) in [5, 5.41) is 15.7. The molecule has 0 bridgehead atoms. The molecule has 0 aliphatic rings. The van der Waals surface area contributed by atoms with Gasteiger partial charge in [0.25, 0.3) is 5.91 Å². The van der Waals surface area contributed by atoms with E-state index in [2.05, 4.69) is 10.6 Å². The zero-order valence-electron chi connectivity index (χ0n) is 14.2. The minimum atomic E-state index is -0.488. The average molecular weight is 346 g/mol. The van der Waals surface area contributed by atoms with Crippen LogP contribution in [0.2, 0.25) is 0 Å². The molecule has 0 aromatic heterocycles. The first-order valence-corrected chi connectivity index (χ1v) is 8.09. The Morgan fingerprint density at radius 3 is 2.38 bits per heavy atom. The van der Waals surface area contributed by atoms with Crippen LogP contribution < -0.4 is 10.6 Å². The highest BCUT2D eigenvalue weighted by atomic mass is 16.3. The SMILES string of the molecule is CNc1ccc(C(=O)Nc2cc(-c3ccccc3)ccc2C=O)c(O)c1. The summed E-state index contributed by atoms with van der Waals surface area (Å²) < 4.78 is 0. The van der Waals surface area contributed by atoms with Crippen molar-refractivity contribution in [2.24, 2.45) is 0 Å². The van der Waals surface area contributed by atoms with Crippen LogP contribution in [0.15, 0.2) is 66.7 Å². The number of hydrogen-bond donors (Lipinski definition) is 3. The van der Waals surface area contributed by atoms with Gasteiger partial charge in [-0.25, -0.2) is 0 Å². The van der Waals surface area contributed by atoms with E-state index in [-0.39, 0.29) is 11.3 Å². The van der Waals surface area contributed by atoms with Crippen LogP contribution in [-0.4, -0.2) is 24.3 Å². The number of anilines is 2. The van der Waals surface area contributed by atoms with Crippen molar-refractivity contribution in [3.05, 3.63) is 77.9 Å². The smallest absolute Gasteiger partial charge is 0.259 e. The van der Waals surface area contributed by atoms with E-state index in [1.165, 1.54) is 12.1 Å². The number of benzene rings is 3. The largest absolute Gasteiger partial charge is 0.507 e. The molecule has 5 heteroatoms. The number of rotatable bonds is 5. The fourth-order valence-corrected chi connectivity index (χ4v) is 2.65. The topological polar surface area (TPSA) is 78.4 Å². The van der Waals surface area contributed by atoms with Gasteiger partial charge < -0.3 is 15.7 Å². The van der Waals surface area contributed by atoms with Crippen molar-refractivity contribution < 1.29 is 14.7 Å². The van der Waals surface area contributed by atoms with Gasteiger partial charge in [0.05, 0.1) is 11.3 Å². The predicted octanol–water partition coefficient (Wildman–Crippen LogP) is 4.17. The summed E-state index contributed by atoms with van der Waals surface area (Å²) in [4.78, 5) is 23.9. The highest BCUT2D eigenvalue weighted by Gasteiger charge is 2.14. The standard InChI is InChI=1S/C21H18N2O3/c1-22-17-9-10-18(20(25)12-17)21(26)23-19-11-15(7-8-16(19)13-24)14-5-3-2-4-6-14/h2-13,22,25H,1H3,(H,23,26). The molecule has 0 spiro atoms. The lowest BCUT2D eigenvalue weighted by molar-refractivity contribution is 0.102. The highest BCUT2D eigenvalue weighted by molar-refractivity contribution is 6.08. The first-order chi connectivity index (χ1) is 12.6. The molecule has 0 radical (unpaired) electrons. The Morgan fingerprint density at radius 1 is 0.962 bits per heavy atom. The normalized spacial score (nSPS) is 10.2. The van der Waals surface area contributed by atoms with Crippen molar-refractivity contribution >= 4 is 23.6 Å². The molecule has 1 amide bonds. The molecular weight excluding hydrogens is 328 g/mol. The van der Waals surface area contributed by atoms with Gasteiger partial charge in [-0.3, -0.25) is 9.59 Å². The van der Waals surface area contributed by atoms with Crippen molar-refractivity contribution in [2.45, 2.75) is 0 Å². The number of hydrogen-bond acceptors (Lipinski definition) is 4. The van der Waals surface area contributed by atoms with Gasteiger partial charge in [-0.15, -0.1) is 0 Å². The van der Waals surface area contributed by atoms with Crippen molar-refractivity contribution in [1.82, 2.24) is 0 Å². The van der Waals surface area contributed by atoms with Gasteiger partial charge in [-0.2, -0.15) is 0 Å². The number of amides is 1. The van der Waals surface area contributed by atoms with Gasteiger partial charge in [0.1, 0.15) is 5.75 Å². The molecule has 0 atom stereocenters. The third kappa shape index (κ3) is 3.57. The lowest BCUT2D eigenvalue weighted by Gasteiger charge is -2.12. The van der Waals surface area contributed by atoms with E-state index in [1.807, 2.05) is 36.4 Å². The van der Waals surface area contributed by atoms with E-state index < -0.39 is 5.91 Å². The van der Waals surface area contributed by atoms with Crippen molar-refractivity contribution in [3.8, 4) is 16.9 Å². The quantitative estimate of drug-likeness (QED) is 0.606. The second kappa shape index (κ2) is 7.53. The second-order valence-corrected chi connectivity index (χ2v) is 5.72. The third-order valence-corrected chi connectivity index (χ3v) is 4.07. The first-order valence-electron chi connectivity index (χ1n) is 8.09. The van der Waals surface area contributed by atoms with Gasteiger partial charge in [0.2, 0.25) is 0 Å². The maximum Gasteiger partial charge on any atom is 0.259 e. The Labute approximate surface area is 151 Å². The molecule has 5 nitrogen and oxygen atoms in total. The Balaban J connectivity index is 1.93. The number of aromatic hydroxyl groups is 1. The summed E-state index contributed by atoms with van der Waals surface area (Å²) in [6.45, 7) is 0. The Hall–Kier alpha value is -3.60. The molecule has 0 aliphatic heterocycles. The van der Waals surface area contributed by atoms with Gasteiger partial charge >= 0.3 is 0 Å². The Morgan fingerprint density at radius 2 is 1.73 bits per heavy atom. The van der Waals surface area contributed by atoms with E-state index >= 15 is 0 Å².